The number of rotatable bonds is 4. The van der Waals surface area contributed by atoms with Crippen molar-refractivity contribution in [3.63, 3.8) is 0 Å². The summed E-state index contributed by atoms with van der Waals surface area (Å²) in [5.74, 6) is -0.878. The molecule has 0 saturated heterocycles. The smallest absolute Gasteiger partial charge is 0.342 e. The number of halogens is 4. The molecule has 0 aliphatic rings. The van der Waals surface area contributed by atoms with Gasteiger partial charge in [-0.25, -0.2) is 9.18 Å². The number of carbonyl (C=O) groups excluding carboxylic acids is 1. The van der Waals surface area contributed by atoms with Crippen LogP contribution in [-0.4, -0.2) is 22.5 Å². The van der Waals surface area contributed by atoms with Gasteiger partial charge >= 0.3 is 5.97 Å². The maximum Gasteiger partial charge on any atom is 0.342 e. The Morgan fingerprint density at radius 2 is 2.17 bits per heavy atom. The van der Waals surface area contributed by atoms with Crippen LogP contribution in [0, 0.1) is 0 Å². The minimum Gasteiger partial charge on any atom is -0.464 e. The van der Waals surface area contributed by atoms with Crippen LogP contribution in [0.15, 0.2) is 0 Å². The Hall–Kier alpha value is 0.270. The summed E-state index contributed by atoms with van der Waals surface area (Å²) in [5.41, 5.74) is -1.76. The Bertz CT molecular complexity index is 161. The molecule has 1 atom stereocenters. The zero-order valence-corrected chi connectivity index (χ0v) is 8.59. The van der Waals surface area contributed by atoms with E-state index in [0.29, 0.717) is 0 Å². The van der Waals surface area contributed by atoms with Gasteiger partial charge in [0.05, 0.1) is 6.61 Å². The van der Waals surface area contributed by atoms with Gasteiger partial charge in [0.2, 0.25) is 4.33 Å². The van der Waals surface area contributed by atoms with E-state index in [1.807, 2.05) is 0 Å². The lowest BCUT2D eigenvalue weighted by atomic mass is 10.3. The Morgan fingerprint density at radius 1 is 1.67 bits per heavy atom. The van der Waals surface area contributed by atoms with Gasteiger partial charge in [0, 0.05) is 6.42 Å². The first-order valence-corrected chi connectivity index (χ1v) is 4.42. The summed E-state index contributed by atoms with van der Waals surface area (Å²) in [4.78, 5) is 10.9. The standard InChI is InChI=1S/C6H8Cl3FO2/c1-2-12-5(11)6(8,9)3-4(7)10/h4H,2-3H2,1H3. The second-order valence-corrected chi connectivity index (χ2v) is 3.98. The van der Waals surface area contributed by atoms with Crippen molar-refractivity contribution in [1.29, 1.82) is 0 Å². The summed E-state index contributed by atoms with van der Waals surface area (Å²) in [5, 5.41) is 0. The molecule has 12 heavy (non-hydrogen) atoms. The highest BCUT2D eigenvalue weighted by molar-refractivity contribution is 6.57. The van der Waals surface area contributed by atoms with Gasteiger partial charge < -0.3 is 4.74 Å². The zero-order chi connectivity index (χ0) is 9.78. The second kappa shape index (κ2) is 5.10. The van der Waals surface area contributed by atoms with Crippen molar-refractivity contribution in [3.8, 4) is 0 Å². The van der Waals surface area contributed by atoms with Gasteiger partial charge in [-0.15, -0.1) is 0 Å². The number of carbonyl (C=O) groups is 1. The molecule has 0 fully saturated rings. The van der Waals surface area contributed by atoms with Gasteiger partial charge in [-0.2, -0.15) is 0 Å². The molecule has 72 valence electrons. The van der Waals surface area contributed by atoms with Crippen LogP contribution in [0.25, 0.3) is 0 Å². The van der Waals surface area contributed by atoms with Crippen LogP contribution in [0.5, 0.6) is 0 Å². The van der Waals surface area contributed by atoms with Crippen molar-refractivity contribution in [2.24, 2.45) is 0 Å². The van der Waals surface area contributed by atoms with Gasteiger partial charge in [-0.3, -0.25) is 0 Å². The highest BCUT2D eigenvalue weighted by Crippen LogP contribution is 2.30. The molecular weight excluding hydrogens is 229 g/mol. The fraction of sp³-hybridized carbons (Fsp3) is 0.833. The monoisotopic (exact) mass is 236 g/mol. The minimum absolute atomic E-state index is 0.138. The average Bonchev–Trinajstić information content (AvgIpc) is 1.85. The average molecular weight is 237 g/mol. The van der Waals surface area contributed by atoms with E-state index in [9.17, 15) is 9.18 Å². The topological polar surface area (TPSA) is 26.3 Å². The summed E-state index contributed by atoms with van der Waals surface area (Å²) in [7, 11) is 0. The van der Waals surface area contributed by atoms with E-state index in [4.69, 9.17) is 34.8 Å². The van der Waals surface area contributed by atoms with Gasteiger partial charge in [0.15, 0.2) is 5.63 Å². The van der Waals surface area contributed by atoms with Crippen molar-refractivity contribution < 1.29 is 13.9 Å². The Morgan fingerprint density at radius 3 is 2.50 bits per heavy atom. The molecule has 0 amide bonds. The third kappa shape index (κ3) is 4.33. The summed E-state index contributed by atoms with van der Waals surface area (Å²) in [6.07, 6.45) is -0.490. The van der Waals surface area contributed by atoms with Crippen molar-refractivity contribution in [2.45, 2.75) is 23.3 Å². The van der Waals surface area contributed by atoms with E-state index in [2.05, 4.69) is 4.74 Å². The van der Waals surface area contributed by atoms with Crippen LogP contribution < -0.4 is 0 Å². The molecule has 0 aliphatic heterocycles. The molecule has 0 aromatic rings. The second-order valence-electron chi connectivity index (χ2n) is 2.02. The lowest BCUT2D eigenvalue weighted by molar-refractivity contribution is -0.144. The number of hydrogen-bond donors (Lipinski definition) is 0. The molecular formula is C6H8Cl3FO2. The molecule has 0 aliphatic carbocycles. The first-order chi connectivity index (χ1) is 5.40. The molecule has 0 N–H and O–H groups in total. The fourth-order valence-electron chi connectivity index (χ4n) is 0.514. The van der Waals surface area contributed by atoms with E-state index < -0.39 is 22.4 Å². The van der Waals surface area contributed by atoms with Gasteiger partial charge in [0.1, 0.15) is 0 Å². The molecule has 0 saturated carbocycles. The van der Waals surface area contributed by atoms with Gasteiger partial charge in [-0.1, -0.05) is 34.8 Å². The first kappa shape index (κ1) is 12.3. The molecule has 1 unspecified atom stereocenters. The molecule has 0 spiro atoms. The Labute approximate surface area is 84.9 Å². The van der Waals surface area contributed by atoms with E-state index in [1.165, 1.54) is 0 Å². The Balaban J connectivity index is 4.09. The number of hydrogen-bond acceptors (Lipinski definition) is 2. The van der Waals surface area contributed by atoms with E-state index in [1.54, 1.807) is 6.92 Å². The highest BCUT2D eigenvalue weighted by Gasteiger charge is 2.37. The highest BCUT2D eigenvalue weighted by atomic mass is 35.5. The number of ether oxygens (including phenoxy) is 1. The summed E-state index contributed by atoms with van der Waals surface area (Å²) in [6.45, 7) is 1.73. The maximum atomic E-state index is 12.2. The van der Waals surface area contributed by atoms with Crippen LogP contribution in [0.1, 0.15) is 13.3 Å². The molecule has 0 bridgehead atoms. The van der Waals surface area contributed by atoms with Crippen molar-refractivity contribution in [2.75, 3.05) is 6.61 Å². The molecule has 0 aromatic heterocycles. The van der Waals surface area contributed by atoms with Gasteiger partial charge in [-0.05, 0) is 6.92 Å². The van der Waals surface area contributed by atoms with Crippen molar-refractivity contribution in [1.82, 2.24) is 0 Å². The van der Waals surface area contributed by atoms with E-state index >= 15 is 0 Å². The SMILES string of the molecule is CCOC(=O)C(Cl)(Cl)CC(F)Cl. The first-order valence-electron chi connectivity index (χ1n) is 3.23. The third-order valence-electron chi connectivity index (χ3n) is 0.985. The van der Waals surface area contributed by atoms with Crippen LogP contribution in [-0.2, 0) is 9.53 Å². The maximum absolute atomic E-state index is 12.2. The number of esters is 1. The Kier molecular flexibility index (Phi) is 5.21. The molecule has 2 nitrogen and oxygen atoms in total. The predicted octanol–water partition coefficient (Wildman–Crippen LogP) is 2.65. The quantitative estimate of drug-likeness (QED) is 0.555. The van der Waals surface area contributed by atoms with Crippen LogP contribution in [0.3, 0.4) is 0 Å². The molecule has 0 radical (unpaired) electrons. The van der Waals surface area contributed by atoms with Gasteiger partial charge in [0.25, 0.3) is 0 Å². The number of alkyl halides is 4. The lowest BCUT2D eigenvalue weighted by Gasteiger charge is -2.16. The zero-order valence-electron chi connectivity index (χ0n) is 6.32. The van der Waals surface area contributed by atoms with E-state index in [0.717, 1.165) is 0 Å². The molecule has 6 heteroatoms. The summed E-state index contributed by atoms with van der Waals surface area (Å²) < 4.78 is 14.8. The summed E-state index contributed by atoms with van der Waals surface area (Å²) in [6, 6.07) is 0. The predicted molar refractivity (Wildman–Crippen MR) is 46.4 cm³/mol. The lowest BCUT2D eigenvalue weighted by Crippen LogP contribution is -2.30. The van der Waals surface area contributed by atoms with Crippen LogP contribution in [0.4, 0.5) is 4.39 Å². The van der Waals surface area contributed by atoms with Crippen molar-refractivity contribution >= 4 is 40.8 Å². The summed E-state index contributed by atoms with van der Waals surface area (Å²) >= 11 is 15.8. The van der Waals surface area contributed by atoms with Crippen molar-refractivity contribution in [3.05, 3.63) is 0 Å². The van der Waals surface area contributed by atoms with E-state index in [-0.39, 0.29) is 6.61 Å². The molecule has 0 heterocycles. The largest absolute Gasteiger partial charge is 0.464 e. The normalized spacial score (nSPS) is 14.1. The molecule has 0 rings (SSSR count). The third-order valence-corrected chi connectivity index (χ3v) is 1.76. The molecule has 0 aromatic carbocycles. The minimum atomic E-state index is -1.89. The van der Waals surface area contributed by atoms with Crippen LogP contribution >= 0.6 is 34.8 Å². The van der Waals surface area contributed by atoms with Crippen LogP contribution in [0.2, 0.25) is 0 Å². The fourth-order valence-corrected chi connectivity index (χ4v) is 1.28.